The first-order chi connectivity index (χ1) is 13.2. The third-order valence-corrected chi connectivity index (χ3v) is 9.34. The van der Waals surface area contributed by atoms with E-state index in [1.54, 1.807) is 0 Å². The molecule has 0 aromatic heterocycles. The Morgan fingerprint density at radius 2 is 1.18 bits per heavy atom. The molecule has 28 heavy (non-hydrogen) atoms. The molecule has 0 N–H and O–H groups in total. The quantitative estimate of drug-likeness (QED) is 0.353. The fraction of sp³-hybridized carbons (Fsp3) is 0.529. The summed E-state index contributed by atoms with van der Waals surface area (Å²) in [5.41, 5.74) is -1.10. The molecule has 160 valence electrons. The number of halogens is 3. The van der Waals surface area contributed by atoms with Crippen LogP contribution in [-0.2, 0) is 27.2 Å². The molecule has 1 rings (SSSR count). The van der Waals surface area contributed by atoms with Crippen LogP contribution in [0.15, 0.2) is 30.3 Å². The molecule has 0 saturated heterocycles. The highest BCUT2D eigenvalue weighted by atomic mass is 31.2. The predicted octanol–water partition coefficient (Wildman–Crippen LogP) is 6.29. The Kier molecular flexibility index (Phi) is 10.1. The van der Waals surface area contributed by atoms with Crippen molar-refractivity contribution in [3.63, 3.8) is 0 Å². The third-order valence-electron chi connectivity index (χ3n) is 3.45. The van der Waals surface area contributed by atoms with E-state index in [0.717, 1.165) is 24.3 Å². The summed E-state index contributed by atoms with van der Waals surface area (Å²) < 4.78 is 89.2. The molecule has 0 radical (unpaired) electrons. The lowest BCUT2D eigenvalue weighted by Crippen LogP contribution is -2.20. The summed E-state index contributed by atoms with van der Waals surface area (Å²) >= 11 is 0. The Bertz CT molecular complexity index is 700. The summed E-state index contributed by atoms with van der Waals surface area (Å²) in [6.07, 6.45) is -2.28. The zero-order valence-electron chi connectivity index (χ0n) is 16.2. The van der Waals surface area contributed by atoms with Crippen molar-refractivity contribution >= 4 is 20.8 Å². The lowest BCUT2D eigenvalue weighted by molar-refractivity contribution is 0.200. The molecule has 0 unspecified atom stereocenters. The van der Waals surface area contributed by atoms with Gasteiger partial charge in [-0.3, -0.25) is 9.13 Å². The van der Waals surface area contributed by atoms with Gasteiger partial charge in [0.2, 0.25) is 0 Å². The molecule has 0 amide bonds. The fourth-order valence-electron chi connectivity index (χ4n) is 2.55. The zero-order valence-corrected chi connectivity index (χ0v) is 18.0. The van der Waals surface area contributed by atoms with E-state index in [-0.39, 0.29) is 32.0 Å². The number of rotatable bonds is 12. The minimum Gasteiger partial charge on any atom is -0.308 e. The van der Waals surface area contributed by atoms with Gasteiger partial charge in [0.1, 0.15) is 5.82 Å². The average Bonchev–Trinajstić information content (AvgIpc) is 2.61. The van der Waals surface area contributed by atoms with E-state index in [1.807, 2.05) is 0 Å². The lowest BCUT2D eigenvalue weighted by Gasteiger charge is -2.32. The van der Waals surface area contributed by atoms with E-state index in [1.165, 1.54) is 27.7 Å². The first kappa shape index (κ1) is 25.1. The number of hydrogen-bond donors (Lipinski definition) is 0. The largest absolute Gasteiger partial charge is 0.350 e. The molecule has 1 aromatic rings. The third kappa shape index (κ3) is 6.02. The second-order valence-corrected chi connectivity index (χ2v) is 9.94. The van der Waals surface area contributed by atoms with Crippen molar-refractivity contribution in [1.82, 2.24) is 0 Å². The number of hydrogen-bond acceptors (Lipinski definition) is 6. The first-order valence-electron chi connectivity index (χ1n) is 8.77. The van der Waals surface area contributed by atoms with E-state index >= 15 is 0 Å². The summed E-state index contributed by atoms with van der Waals surface area (Å²) in [6.45, 7) is 5.33. The molecule has 11 heteroatoms. The van der Waals surface area contributed by atoms with Crippen LogP contribution < -0.4 is 0 Å². The van der Waals surface area contributed by atoms with Crippen molar-refractivity contribution in [2.24, 2.45) is 0 Å². The maximum absolute atomic E-state index is 14.1. The summed E-state index contributed by atoms with van der Waals surface area (Å²) in [5, 5.41) is -2.05. The Labute approximate surface area is 163 Å². The van der Waals surface area contributed by atoms with Crippen LogP contribution >= 0.6 is 15.2 Å². The van der Waals surface area contributed by atoms with Crippen LogP contribution in [0.5, 0.6) is 0 Å². The molecular formula is C17H25F3O6P2. The second-order valence-electron chi connectivity index (χ2n) is 5.31. The Balaban J connectivity index is 3.81. The Morgan fingerprint density at radius 1 is 0.821 bits per heavy atom. The van der Waals surface area contributed by atoms with Gasteiger partial charge in [-0.05, 0) is 45.4 Å². The van der Waals surface area contributed by atoms with E-state index in [9.17, 15) is 22.3 Å². The standard InChI is InChI=1S/C17H25F3O6P2/c1-5-23-27(21,24-6-2)17(28(22,25-7-3)26-8-4)15(16(19)20)13-9-11-14(18)12-10-13/h9-12,17H,5-8H2,1-4H3. The van der Waals surface area contributed by atoms with Gasteiger partial charge >= 0.3 is 15.2 Å². The zero-order chi connectivity index (χ0) is 21.4. The maximum atomic E-state index is 14.1. The van der Waals surface area contributed by atoms with Gasteiger partial charge in [0, 0.05) is 0 Å². The van der Waals surface area contributed by atoms with E-state index < -0.39 is 38.1 Å². The van der Waals surface area contributed by atoms with Crippen molar-refractivity contribution in [2.75, 3.05) is 26.4 Å². The minimum absolute atomic E-state index is 0.156. The molecular weight excluding hydrogens is 419 g/mol. The van der Waals surface area contributed by atoms with Crippen molar-refractivity contribution in [3.8, 4) is 0 Å². The molecule has 1 aromatic carbocycles. The Morgan fingerprint density at radius 3 is 1.46 bits per heavy atom. The van der Waals surface area contributed by atoms with Gasteiger partial charge in [0.05, 0.1) is 32.0 Å². The normalized spacial score (nSPS) is 12.4. The van der Waals surface area contributed by atoms with E-state index in [0.29, 0.717) is 0 Å². The minimum atomic E-state index is -4.44. The van der Waals surface area contributed by atoms with Gasteiger partial charge in [-0.1, -0.05) is 12.1 Å². The van der Waals surface area contributed by atoms with Gasteiger partial charge in [0.25, 0.3) is 6.08 Å². The van der Waals surface area contributed by atoms with Crippen LogP contribution in [0.2, 0.25) is 0 Å². The number of benzene rings is 1. The highest BCUT2D eigenvalue weighted by Gasteiger charge is 2.54. The fourth-order valence-corrected chi connectivity index (χ4v) is 8.02. The first-order valence-corrected chi connectivity index (χ1v) is 12.0. The van der Waals surface area contributed by atoms with Crippen molar-refractivity contribution in [3.05, 3.63) is 41.7 Å². The van der Waals surface area contributed by atoms with Crippen LogP contribution in [0, 0.1) is 5.82 Å². The molecule has 0 heterocycles. The van der Waals surface area contributed by atoms with Crippen molar-refractivity contribution < 1.29 is 40.4 Å². The molecule has 0 aliphatic heterocycles. The monoisotopic (exact) mass is 444 g/mol. The SMILES string of the molecule is CCOP(=O)(OCC)C(C(=C(F)F)c1ccc(F)cc1)P(=O)(OCC)OCC. The van der Waals surface area contributed by atoms with Crippen LogP contribution in [-0.4, -0.2) is 31.8 Å². The van der Waals surface area contributed by atoms with Crippen LogP contribution in [0.25, 0.3) is 5.57 Å². The average molecular weight is 444 g/mol. The molecule has 0 aliphatic rings. The molecule has 0 saturated carbocycles. The van der Waals surface area contributed by atoms with Crippen LogP contribution in [0.1, 0.15) is 33.3 Å². The van der Waals surface area contributed by atoms with Crippen LogP contribution in [0.4, 0.5) is 13.2 Å². The summed E-state index contributed by atoms with van der Waals surface area (Å²) in [7, 11) is -8.88. The molecule has 0 bridgehead atoms. The summed E-state index contributed by atoms with van der Waals surface area (Å²) in [6, 6.07) is 4.02. The van der Waals surface area contributed by atoms with Crippen molar-refractivity contribution in [1.29, 1.82) is 0 Å². The Hall–Kier alpha value is -0.950. The van der Waals surface area contributed by atoms with Gasteiger partial charge < -0.3 is 18.1 Å². The number of allylic oxidation sites excluding steroid dienone is 1. The van der Waals surface area contributed by atoms with Crippen molar-refractivity contribution in [2.45, 2.75) is 33.1 Å². The summed E-state index contributed by atoms with van der Waals surface area (Å²) in [4.78, 5) is 0. The molecule has 0 spiro atoms. The van der Waals surface area contributed by atoms with Gasteiger partial charge in [0.15, 0.2) is 5.40 Å². The predicted molar refractivity (Wildman–Crippen MR) is 101 cm³/mol. The molecule has 0 atom stereocenters. The maximum Gasteiger partial charge on any atom is 0.350 e. The molecule has 0 fully saturated rings. The van der Waals surface area contributed by atoms with E-state index in [4.69, 9.17) is 18.1 Å². The van der Waals surface area contributed by atoms with Crippen LogP contribution in [0.3, 0.4) is 0 Å². The molecule has 0 aliphatic carbocycles. The lowest BCUT2D eigenvalue weighted by atomic mass is 10.1. The van der Waals surface area contributed by atoms with Gasteiger partial charge in [-0.15, -0.1) is 0 Å². The molecule has 6 nitrogen and oxygen atoms in total. The highest BCUT2D eigenvalue weighted by Crippen LogP contribution is 2.74. The second kappa shape index (κ2) is 11.3. The smallest absolute Gasteiger partial charge is 0.308 e. The highest BCUT2D eigenvalue weighted by molar-refractivity contribution is 7.73. The van der Waals surface area contributed by atoms with Gasteiger partial charge in [-0.2, -0.15) is 8.78 Å². The summed E-state index contributed by atoms with van der Waals surface area (Å²) in [5.74, 6) is -0.658. The van der Waals surface area contributed by atoms with E-state index in [2.05, 4.69) is 0 Å². The topological polar surface area (TPSA) is 71.1 Å². The van der Waals surface area contributed by atoms with Gasteiger partial charge in [-0.25, -0.2) is 4.39 Å².